The van der Waals surface area contributed by atoms with Crippen LogP contribution in [0.2, 0.25) is 0 Å². The maximum atomic E-state index is 4.22. The molecule has 0 atom stereocenters. The Hall–Kier alpha value is -0.845. The van der Waals surface area contributed by atoms with Crippen molar-refractivity contribution < 1.29 is 0 Å². The molecule has 0 saturated carbocycles. The van der Waals surface area contributed by atoms with Crippen LogP contribution in [0.25, 0.3) is 0 Å². The summed E-state index contributed by atoms with van der Waals surface area (Å²) >= 11 is 0. The average molecular weight is 272 g/mol. The zero-order valence-corrected chi connectivity index (χ0v) is 14.2. The molecule has 0 fully saturated rings. The van der Waals surface area contributed by atoms with Gasteiger partial charge in [-0.3, -0.25) is 0 Å². The third kappa shape index (κ3) is 5.65. The van der Waals surface area contributed by atoms with Gasteiger partial charge in [-0.25, -0.2) is 0 Å². The van der Waals surface area contributed by atoms with Gasteiger partial charge in [-0.15, -0.1) is 0 Å². The molecule has 0 heterocycles. The summed E-state index contributed by atoms with van der Waals surface area (Å²) in [5, 5.41) is 0. The van der Waals surface area contributed by atoms with Crippen molar-refractivity contribution in [1.82, 2.24) is 0 Å². The molecular weight excluding hydrogens is 239 g/mol. The van der Waals surface area contributed by atoms with Crippen LogP contribution in [0.3, 0.4) is 0 Å². The van der Waals surface area contributed by atoms with E-state index in [1.165, 1.54) is 24.8 Å². The van der Waals surface area contributed by atoms with Gasteiger partial charge in [0, 0.05) is 0 Å². The molecule has 0 aliphatic heterocycles. The molecule has 0 aromatic rings. The van der Waals surface area contributed by atoms with Gasteiger partial charge in [0.2, 0.25) is 0 Å². The van der Waals surface area contributed by atoms with Crippen LogP contribution >= 0.6 is 0 Å². The van der Waals surface area contributed by atoms with E-state index in [4.69, 9.17) is 0 Å². The normalized spacial score (nSPS) is 11.9. The van der Waals surface area contributed by atoms with E-state index in [1.54, 1.807) is 0 Å². The molecule has 112 valence electrons. The Labute approximate surface area is 128 Å². The molecule has 0 saturated heterocycles. The molecule has 0 spiro atoms. The quantitative estimate of drug-likeness (QED) is 0.350. The fourth-order valence-corrected chi connectivity index (χ4v) is 3.12. The van der Waals surface area contributed by atoms with Crippen LogP contribution in [0.4, 0.5) is 0 Å². The first-order valence-electron chi connectivity index (χ1n) is 7.89. The molecule has 0 bridgehead atoms. The Morgan fingerprint density at radius 2 is 1.65 bits per heavy atom. The number of hydrogen-bond donors (Lipinski definition) is 0. The molecule has 0 aromatic carbocycles. The monoisotopic (exact) mass is 272 g/mol. The molecule has 0 rings (SSSR count). The van der Waals surface area contributed by atoms with Crippen LogP contribution < -0.4 is 0 Å². The van der Waals surface area contributed by atoms with E-state index in [0.717, 1.165) is 24.8 Å². The van der Waals surface area contributed by atoms with Crippen LogP contribution in [0, 0.1) is 10.8 Å². The van der Waals surface area contributed by atoms with Gasteiger partial charge < -0.3 is 0 Å². The van der Waals surface area contributed by atoms with Crippen molar-refractivity contribution >= 4 is 13.5 Å². The molecule has 0 nitrogen and oxygen atoms in total. The second kappa shape index (κ2) is 8.44. The molecule has 0 aromatic heterocycles. The summed E-state index contributed by atoms with van der Waals surface area (Å²) in [6, 6.07) is 0. The number of allylic oxidation sites excluding steroid dienone is 3. The van der Waals surface area contributed by atoms with Crippen LogP contribution in [0.1, 0.15) is 66.2 Å². The van der Waals surface area contributed by atoms with Crippen molar-refractivity contribution in [3.05, 3.63) is 37.0 Å². The van der Waals surface area contributed by atoms with Crippen molar-refractivity contribution in [3.8, 4) is 0 Å². The fraction of sp³-hybridized carbons (Fsp3) is 0.632. The van der Waals surface area contributed by atoms with Crippen molar-refractivity contribution in [2.45, 2.75) is 66.2 Å². The van der Waals surface area contributed by atoms with Gasteiger partial charge in [-0.2, -0.15) is 0 Å². The van der Waals surface area contributed by atoms with E-state index in [-0.39, 0.29) is 5.41 Å². The topological polar surface area (TPSA) is 0 Å². The van der Waals surface area contributed by atoms with Crippen molar-refractivity contribution in [2.24, 2.45) is 10.8 Å². The van der Waals surface area contributed by atoms with E-state index < -0.39 is 0 Å². The van der Waals surface area contributed by atoms with Gasteiger partial charge in [0.05, 0.1) is 0 Å². The summed E-state index contributed by atoms with van der Waals surface area (Å²) in [5.41, 5.74) is 2.89. The Morgan fingerprint density at radius 1 is 1.10 bits per heavy atom. The molecule has 0 aliphatic rings. The van der Waals surface area contributed by atoms with Crippen LogP contribution in [0.15, 0.2) is 37.0 Å². The van der Waals surface area contributed by atoms with E-state index in [0.29, 0.717) is 5.41 Å². The molecule has 0 aliphatic carbocycles. The molecule has 1 heteroatoms. The zero-order chi connectivity index (χ0) is 15.8. The molecule has 20 heavy (non-hydrogen) atoms. The number of rotatable bonds is 11. The summed E-state index contributed by atoms with van der Waals surface area (Å²) < 4.78 is 0. The third-order valence-electron chi connectivity index (χ3n) is 4.78. The van der Waals surface area contributed by atoms with Gasteiger partial charge in [-0.05, 0) is 0 Å². The van der Waals surface area contributed by atoms with Gasteiger partial charge in [0.1, 0.15) is 0 Å². The van der Waals surface area contributed by atoms with Gasteiger partial charge in [0.15, 0.2) is 0 Å². The summed E-state index contributed by atoms with van der Waals surface area (Å²) in [7, 11) is 3.80. The standard InChI is InChI=1S/C19H33B/c1-8-17(5)19(9-2,10-3)13-11-12-18(6,7)14-16(4)15-20/h8,15,20H,1,4-5,9-14H2,2-3,6-7H3. The van der Waals surface area contributed by atoms with Crippen LogP contribution in [-0.4, -0.2) is 13.5 Å². The molecule has 0 N–H and O–H groups in total. The van der Waals surface area contributed by atoms with E-state index >= 15 is 0 Å². The molecule has 0 amide bonds. The summed E-state index contributed by atoms with van der Waals surface area (Å²) in [6.45, 7) is 21.3. The van der Waals surface area contributed by atoms with Crippen molar-refractivity contribution in [2.75, 3.05) is 0 Å². The SMILES string of the molecule is B=CC(=C)CC(C)(C)CCCC(CC)(CC)C(=C)C=C. The zero-order valence-electron chi connectivity index (χ0n) is 14.2. The van der Waals surface area contributed by atoms with Gasteiger partial charge in [0.25, 0.3) is 0 Å². The van der Waals surface area contributed by atoms with E-state index in [1.807, 2.05) is 12.0 Å². The summed E-state index contributed by atoms with van der Waals surface area (Å²) in [6.07, 6.45) is 8.91. The molecule has 0 radical (unpaired) electrons. The molecule has 0 unspecified atom stereocenters. The van der Waals surface area contributed by atoms with Crippen LogP contribution in [-0.2, 0) is 0 Å². The number of hydrogen-bond acceptors (Lipinski definition) is 0. The van der Waals surface area contributed by atoms with E-state index in [9.17, 15) is 0 Å². The Kier molecular flexibility index (Phi) is 8.09. The van der Waals surface area contributed by atoms with Crippen LogP contribution in [0.5, 0.6) is 0 Å². The first kappa shape index (κ1) is 19.2. The predicted octanol–water partition coefficient (Wildman–Crippen LogP) is 5.38. The minimum absolute atomic E-state index is 0.243. The third-order valence-corrected chi connectivity index (χ3v) is 4.78. The first-order chi connectivity index (χ1) is 9.26. The Bertz CT molecular complexity index is 356. The van der Waals surface area contributed by atoms with Gasteiger partial charge >= 0.3 is 127 Å². The van der Waals surface area contributed by atoms with E-state index in [2.05, 4.69) is 54.9 Å². The minimum atomic E-state index is 0.243. The fourth-order valence-electron chi connectivity index (χ4n) is 3.12. The second-order valence-electron chi connectivity index (χ2n) is 6.77. The first-order valence-corrected chi connectivity index (χ1v) is 7.89. The average Bonchev–Trinajstić information content (AvgIpc) is 2.42. The Balaban J connectivity index is 4.58. The van der Waals surface area contributed by atoms with Gasteiger partial charge in [-0.1, -0.05) is 0 Å². The molecular formula is C19H33B. The van der Waals surface area contributed by atoms with Crippen molar-refractivity contribution in [1.29, 1.82) is 0 Å². The summed E-state index contributed by atoms with van der Waals surface area (Å²) in [5.74, 6) is 1.88. The maximum absolute atomic E-state index is 4.22. The second-order valence-corrected chi connectivity index (χ2v) is 6.77. The predicted molar refractivity (Wildman–Crippen MR) is 97.0 cm³/mol. The summed E-state index contributed by atoms with van der Waals surface area (Å²) in [4.78, 5) is 0. The Morgan fingerprint density at radius 3 is 2.05 bits per heavy atom. The van der Waals surface area contributed by atoms with Crippen molar-refractivity contribution in [3.63, 3.8) is 0 Å².